The van der Waals surface area contributed by atoms with E-state index >= 15 is 0 Å². The van der Waals surface area contributed by atoms with E-state index in [0.717, 1.165) is 19.3 Å². The second-order valence-electron chi connectivity index (χ2n) is 7.10. The average Bonchev–Trinajstić information content (AvgIpc) is 3.31. The van der Waals surface area contributed by atoms with Crippen LogP contribution in [-0.4, -0.2) is 46.6 Å². The zero-order valence-electron chi connectivity index (χ0n) is 11.7. The maximum atomic E-state index is 12.0. The molecule has 21 heavy (non-hydrogen) atoms. The maximum Gasteiger partial charge on any atom is 0.310 e. The first-order chi connectivity index (χ1) is 9.99. The summed E-state index contributed by atoms with van der Waals surface area (Å²) < 4.78 is 10.9. The summed E-state index contributed by atoms with van der Waals surface area (Å²) in [4.78, 5) is 23.6. The Labute approximate surface area is 122 Å². The summed E-state index contributed by atoms with van der Waals surface area (Å²) in [5.74, 6) is -2.55. The molecule has 0 spiro atoms. The van der Waals surface area contributed by atoms with Gasteiger partial charge in [0.1, 0.15) is 0 Å². The Bertz CT molecular complexity index is 491. The number of rotatable bonds is 4. The van der Waals surface area contributed by atoms with Crippen LogP contribution in [0.3, 0.4) is 0 Å². The van der Waals surface area contributed by atoms with Gasteiger partial charge in [0.05, 0.1) is 35.7 Å². The molecule has 0 radical (unpaired) electrons. The van der Waals surface area contributed by atoms with Crippen LogP contribution < -0.4 is 0 Å². The molecule has 2 saturated carbocycles. The van der Waals surface area contributed by atoms with Crippen molar-refractivity contribution in [2.75, 3.05) is 0 Å². The summed E-state index contributed by atoms with van der Waals surface area (Å²) in [5.41, 5.74) is -1.17. The molecule has 2 aliphatic heterocycles. The molecule has 4 rings (SSSR count). The predicted molar refractivity (Wildman–Crippen MR) is 69.7 cm³/mol. The van der Waals surface area contributed by atoms with Gasteiger partial charge in [0.15, 0.2) is 0 Å². The minimum Gasteiger partial charge on any atom is -0.481 e. The van der Waals surface area contributed by atoms with Crippen molar-refractivity contribution >= 4 is 11.9 Å². The highest BCUT2D eigenvalue weighted by Crippen LogP contribution is 2.55. The Morgan fingerprint density at radius 1 is 1.00 bits per heavy atom. The van der Waals surface area contributed by atoms with Crippen molar-refractivity contribution in [1.82, 2.24) is 0 Å². The fourth-order valence-electron chi connectivity index (χ4n) is 4.60. The lowest BCUT2D eigenvalue weighted by Crippen LogP contribution is -2.48. The first-order valence-corrected chi connectivity index (χ1v) is 7.77. The maximum absolute atomic E-state index is 12.0. The molecule has 7 unspecified atom stereocenters. The van der Waals surface area contributed by atoms with Crippen LogP contribution in [0.5, 0.6) is 0 Å². The van der Waals surface area contributed by atoms with Crippen LogP contribution in [0.1, 0.15) is 38.5 Å². The smallest absolute Gasteiger partial charge is 0.310 e. The van der Waals surface area contributed by atoms with Crippen molar-refractivity contribution in [3.63, 3.8) is 0 Å². The second-order valence-corrected chi connectivity index (χ2v) is 7.10. The summed E-state index contributed by atoms with van der Waals surface area (Å²) in [7, 11) is 0. The summed E-state index contributed by atoms with van der Waals surface area (Å²) >= 11 is 0. The first-order valence-electron chi connectivity index (χ1n) is 7.77. The number of fused-ring (bicyclic) bond motifs is 2. The van der Waals surface area contributed by atoms with E-state index in [4.69, 9.17) is 9.47 Å². The summed E-state index contributed by atoms with van der Waals surface area (Å²) in [6.45, 7) is 0. The fourth-order valence-corrected chi connectivity index (χ4v) is 4.60. The normalized spacial score (nSPS) is 50.7. The summed E-state index contributed by atoms with van der Waals surface area (Å²) in [5, 5.41) is 19.3. The molecular formula is C15H20O6. The quantitative estimate of drug-likeness (QED) is 0.758. The van der Waals surface area contributed by atoms with E-state index in [1.54, 1.807) is 0 Å². The van der Waals surface area contributed by atoms with Crippen molar-refractivity contribution in [2.45, 2.75) is 62.9 Å². The topological polar surface area (TPSA) is 99.7 Å². The number of hydrogen-bond acceptors (Lipinski definition) is 4. The highest BCUT2D eigenvalue weighted by atomic mass is 16.6. The molecular weight excluding hydrogens is 276 g/mol. The number of aliphatic carboxylic acids is 2. The third-order valence-electron chi connectivity index (χ3n) is 5.88. The van der Waals surface area contributed by atoms with E-state index in [1.807, 2.05) is 0 Å². The van der Waals surface area contributed by atoms with Crippen molar-refractivity contribution in [3.8, 4) is 0 Å². The molecule has 2 heterocycles. The molecule has 6 heteroatoms. The average molecular weight is 296 g/mol. The van der Waals surface area contributed by atoms with Crippen molar-refractivity contribution in [3.05, 3.63) is 0 Å². The summed E-state index contributed by atoms with van der Waals surface area (Å²) in [6.07, 6.45) is 4.48. The van der Waals surface area contributed by atoms with E-state index in [0.29, 0.717) is 25.4 Å². The largest absolute Gasteiger partial charge is 0.481 e. The molecule has 6 nitrogen and oxygen atoms in total. The molecule has 2 aliphatic carbocycles. The van der Waals surface area contributed by atoms with E-state index in [9.17, 15) is 19.8 Å². The Morgan fingerprint density at radius 3 is 2.38 bits per heavy atom. The monoisotopic (exact) mass is 296 g/mol. The number of hydrogen-bond donors (Lipinski definition) is 2. The lowest BCUT2D eigenvalue weighted by molar-refractivity contribution is -0.167. The number of epoxide rings is 2. The lowest BCUT2D eigenvalue weighted by Gasteiger charge is -2.39. The number of carboxylic acids is 2. The lowest BCUT2D eigenvalue weighted by atomic mass is 9.61. The molecule has 0 aromatic carbocycles. The van der Waals surface area contributed by atoms with E-state index in [1.165, 1.54) is 0 Å². The Morgan fingerprint density at radius 2 is 1.71 bits per heavy atom. The SMILES string of the molecule is O=C(O)C1CC2OC2CC1(CC1CCC2OC2C1)C(=O)O. The summed E-state index contributed by atoms with van der Waals surface area (Å²) in [6, 6.07) is 0. The fraction of sp³-hybridized carbons (Fsp3) is 0.867. The third-order valence-corrected chi connectivity index (χ3v) is 5.88. The minimum absolute atomic E-state index is 0.0407. The van der Waals surface area contributed by atoms with E-state index in [2.05, 4.69) is 0 Å². The van der Waals surface area contributed by atoms with Crippen LogP contribution >= 0.6 is 0 Å². The Balaban J connectivity index is 1.57. The molecule has 0 aromatic rings. The van der Waals surface area contributed by atoms with Gasteiger partial charge in [0, 0.05) is 0 Å². The van der Waals surface area contributed by atoms with Gasteiger partial charge in [-0.1, -0.05) is 0 Å². The molecule has 116 valence electrons. The molecule has 2 saturated heterocycles. The van der Waals surface area contributed by atoms with Gasteiger partial charge in [0.2, 0.25) is 0 Å². The van der Waals surface area contributed by atoms with Gasteiger partial charge in [-0.25, -0.2) is 0 Å². The van der Waals surface area contributed by atoms with Crippen molar-refractivity contribution in [2.24, 2.45) is 17.3 Å². The third kappa shape index (κ3) is 2.16. The molecule has 0 amide bonds. The molecule has 0 aromatic heterocycles. The van der Waals surface area contributed by atoms with Crippen LogP contribution in [0.2, 0.25) is 0 Å². The van der Waals surface area contributed by atoms with E-state index < -0.39 is 23.3 Å². The van der Waals surface area contributed by atoms with Gasteiger partial charge >= 0.3 is 11.9 Å². The van der Waals surface area contributed by atoms with Gasteiger partial charge in [-0.3, -0.25) is 9.59 Å². The highest BCUT2D eigenvalue weighted by molar-refractivity contribution is 5.84. The van der Waals surface area contributed by atoms with Crippen LogP contribution in [-0.2, 0) is 19.1 Å². The van der Waals surface area contributed by atoms with E-state index in [-0.39, 0.29) is 24.2 Å². The number of carbonyl (C=O) groups is 2. The van der Waals surface area contributed by atoms with Gasteiger partial charge in [-0.05, 0) is 44.4 Å². The van der Waals surface area contributed by atoms with Gasteiger partial charge in [0.25, 0.3) is 0 Å². The van der Waals surface area contributed by atoms with Gasteiger partial charge < -0.3 is 19.7 Å². The van der Waals surface area contributed by atoms with Crippen molar-refractivity contribution in [1.29, 1.82) is 0 Å². The number of carboxylic acid groups (broad SMARTS) is 2. The zero-order valence-corrected chi connectivity index (χ0v) is 11.7. The number of ether oxygens (including phenoxy) is 2. The molecule has 7 atom stereocenters. The van der Waals surface area contributed by atoms with Crippen LogP contribution in [0.4, 0.5) is 0 Å². The van der Waals surface area contributed by atoms with Gasteiger partial charge in [-0.15, -0.1) is 0 Å². The van der Waals surface area contributed by atoms with Crippen molar-refractivity contribution < 1.29 is 29.3 Å². The van der Waals surface area contributed by atoms with Crippen LogP contribution in [0, 0.1) is 17.3 Å². The highest BCUT2D eigenvalue weighted by Gasteiger charge is 2.62. The first kappa shape index (κ1) is 13.5. The molecule has 2 N–H and O–H groups in total. The van der Waals surface area contributed by atoms with Crippen LogP contribution in [0.25, 0.3) is 0 Å². The molecule has 4 fully saturated rings. The van der Waals surface area contributed by atoms with Gasteiger partial charge in [-0.2, -0.15) is 0 Å². The zero-order chi connectivity index (χ0) is 14.8. The molecule has 0 bridgehead atoms. The second kappa shape index (κ2) is 4.43. The standard InChI is InChI=1S/C15H20O6/c16-13(17)8-4-11-12(21-11)6-15(8,14(18)19)5-7-1-2-9-10(3-7)20-9/h7-12H,1-6H2,(H,16,17)(H,18,19). The predicted octanol–water partition coefficient (Wildman–Crippen LogP) is 1.28. The van der Waals surface area contributed by atoms with Crippen LogP contribution in [0.15, 0.2) is 0 Å². The molecule has 4 aliphatic rings. The Hall–Kier alpha value is -1.14. The minimum atomic E-state index is -1.17. The Kier molecular flexibility index (Phi) is 2.85.